The van der Waals surface area contributed by atoms with E-state index in [1.165, 1.54) is 36.4 Å². The fourth-order valence-corrected chi connectivity index (χ4v) is 2.71. The van der Waals surface area contributed by atoms with Crippen molar-refractivity contribution in [2.24, 2.45) is 0 Å². The minimum absolute atomic E-state index is 0.117. The van der Waals surface area contributed by atoms with Gasteiger partial charge in [0, 0.05) is 11.6 Å². The average Bonchev–Trinajstić information content (AvgIpc) is 2.57. The Bertz CT molecular complexity index is 805. The first-order valence-corrected chi connectivity index (χ1v) is 7.93. The topological polar surface area (TPSA) is 95.7 Å². The van der Waals surface area contributed by atoms with Gasteiger partial charge in [-0.1, -0.05) is 12.1 Å². The van der Waals surface area contributed by atoms with Crippen LogP contribution in [0.25, 0.3) is 0 Å². The molecular formula is C16H12INO6. The van der Waals surface area contributed by atoms with E-state index in [4.69, 9.17) is 9.47 Å². The summed E-state index contributed by atoms with van der Waals surface area (Å²) < 4.78 is 11.2. The molecule has 0 aromatic heterocycles. The normalized spacial score (nSPS) is 10.1. The summed E-state index contributed by atoms with van der Waals surface area (Å²) >= 11 is 1.90. The molecule has 0 amide bonds. The molecule has 0 fully saturated rings. The lowest BCUT2D eigenvalue weighted by Gasteiger charge is -2.13. The number of aldehydes is 1. The van der Waals surface area contributed by atoms with Gasteiger partial charge in [0.05, 0.1) is 15.1 Å². The molecule has 7 nitrogen and oxygen atoms in total. The lowest BCUT2D eigenvalue weighted by atomic mass is 10.2. The Kier molecular flexibility index (Phi) is 5.85. The molecule has 0 aliphatic rings. The molecule has 0 radical (unpaired) electrons. The van der Waals surface area contributed by atoms with Crippen molar-refractivity contribution in [3.05, 3.63) is 61.2 Å². The summed E-state index contributed by atoms with van der Waals surface area (Å²) in [6.45, 7) is 2.04. The summed E-state index contributed by atoms with van der Waals surface area (Å²) in [5.41, 5.74) is -0.145. The molecule has 2 aromatic carbocycles. The van der Waals surface area contributed by atoms with Gasteiger partial charge in [-0.2, -0.15) is 0 Å². The van der Waals surface area contributed by atoms with Crippen molar-refractivity contribution in [3.8, 4) is 11.5 Å². The van der Waals surface area contributed by atoms with Crippen LogP contribution in [-0.2, 0) is 0 Å². The van der Waals surface area contributed by atoms with Gasteiger partial charge in [-0.05, 0) is 47.7 Å². The van der Waals surface area contributed by atoms with Crippen LogP contribution in [0.5, 0.6) is 11.5 Å². The monoisotopic (exact) mass is 441 g/mol. The molecule has 2 rings (SSSR count). The Labute approximate surface area is 150 Å². The minimum atomic E-state index is -0.875. The molecule has 0 heterocycles. The maximum atomic E-state index is 12.3. The van der Waals surface area contributed by atoms with Crippen molar-refractivity contribution in [2.75, 3.05) is 6.61 Å². The Balaban J connectivity index is 2.42. The van der Waals surface area contributed by atoms with E-state index in [0.29, 0.717) is 22.0 Å². The van der Waals surface area contributed by atoms with E-state index in [-0.39, 0.29) is 22.7 Å². The second-order valence-electron chi connectivity index (χ2n) is 4.54. The molecule has 0 unspecified atom stereocenters. The smallest absolute Gasteiger partial charge is 0.350 e. The molecule has 0 N–H and O–H groups in total. The number of nitro benzene ring substituents is 1. The minimum Gasteiger partial charge on any atom is -0.490 e. The van der Waals surface area contributed by atoms with E-state index in [9.17, 15) is 19.7 Å². The van der Waals surface area contributed by atoms with Crippen LogP contribution in [0, 0.1) is 13.7 Å². The Morgan fingerprint density at radius 2 is 2.04 bits per heavy atom. The Morgan fingerprint density at radius 3 is 2.67 bits per heavy atom. The Hall–Kier alpha value is -2.49. The zero-order chi connectivity index (χ0) is 17.7. The third-order valence-corrected chi connectivity index (χ3v) is 3.78. The van der Waals surface area contributed by atoms with Gasteiger partial charge in [-0.15, -0.1) is 0 Å². The number of ether oxygens (including phenoxy) is 2. The molecular weight excluding hydrogens is 429 g/mol. The zero-order valence-corrected chi connectivity index (χ0v) is 14.7. The molecule has 0 spiro atoms. The van der Waals surface area contributed by atoms with Crippen molar-refractivity contribution in [2.45, 2.75) is 6.92 Å². The molecule has 0 saturated heterocycles. The van der Waals surface area contributed by atoms with Crippen LogP contribution in [-0.4, -0.2) is 23.8 Å². The van der Waals surface area contributed by atoms with Crippen LogP contribution in [0.4, 0.5) is 5.69 Å². The summed E-state index contributed by atoms with van der Waals surface area (Å²) in [4.78, 5) is 33.7. The third-order valence-electron chi connectivity index (χ3n) is 2.98. The largest absolute Gasteiger partial charge is 0.490 e. The van der Waals surface area contributed by atoms with E-state index < -0.39 is 10.9 Å². The SMILES string of the molecule is CCOc1cc(C=O)cc(I)c1OC(=O)c1ccccc1[N+](=O)[O-]. The number of carbonyl (C=O) groups excluding carboxylic acids is 2. The van der Waals surface area contributed by atoms with Crippen molar-refractivity contribution >= 4 is 40.5 Å². The number of halogens is 1. The van der Waals surface area contributed by atoms with E-state index in [2.05, 4.69) is 0 Å². The Morgan fingerprint density at radius 1 is 1.33 bits per heavy atom. The van der Waals surface area contributed by atoms with Gasteiger partial charge in [-0.3, -0.25) is 14.9 Å². The summed E-state index contributed by atoms with van der Waals surface area (Å²) in [5, 5.41) is 11.0. The van der Waals surface area contributed by atoms with Crippen LogP contribution in [0.3, 0.4) is 0 Å². The number of esters is 1. The van der Waals surface area contributed by atoms with Gasteiger partial charge in [0.2, 0.25) is 0 Å². The third kappa shape index (κ3) is 3.88. The van der Waals surface area contributed by atoms with Gasteiger partial charge < -0.3 is 9.47 Å². The lowest BCUT2D eigenvalue weighted by molar-refractivity contribution is -0.385. The van der Waals surface area contributed by atoms with Crippen LogP contribution in [0.1, 0.15) is 27.6 Å². The van der Waals surface area contributed by atoms with Crippen LogP contribution < -0.4 is 9.47 Å². The maximum Gasteiger partial charge on any atom is 0.350 e. The molecule has 8 heteroatoms. The number of nitro groups is 1. The number of hydrogen-bond acceptors (Lipinski definition) is 6. The highest BCUT2D eigenvalue weighted by Crippen LogP contribution is 2.35. The van der Waals surface area contributed by atoms with Crippen molar-refractivity contribution in [3.63, 3.8) is 0 Å². The highest BCUT2D eigenvalue weighted by molar-refractivity contribution is 14.1. The number of para-hydroxylation sites is 1. The predicted octanol–water partition coefficient (Wildman–Crippen LogP) is 3.63. The van der Waals surface area contributed by atoms with E-state index in [0.717, 1.165) is 0 Å². The van der Waals surface area contributed by atoms with Crippen molar-refractivity contribution in [1.29, 1.82) is 0 Å². The second-order valence-corrected chi connectivity index (χ2v) is 5.71. The first kappa shape index (κ1) is 17.9. The van der Waals surface area contributed by atoms with Crippen LogP contribution in [0.15, 0.2) is 36.4 Å². The van der Waals surface area contributed by atoms with E-state index in [1.807, 2.05) is 22.6 Å². The van der Waals surface area contributed by atoms with Gasteiger partial charge in [-0.25, -0.2) is 4.79 Å². The number of carbonyl (C=O) groups is 2. The lowest BCUT2D eigenvalue weighted by Crippen LogP contribution is -2.13. The van der Waals surface area contributed by atoms with Gasteiger partial charge >= 0.3 is 5.97 Å². The average molecular weight is 441 g/mol. The fraction of sp³-hybridized carbons (Fsp3) is 0.125. The van der Waals surface area contributed by atoms with Gasteiger partial charge in [0.1, 0.15) is 11.8 Å². The first-order valence-electron chi connectivity index (χ1n) is 6.85. The highest BCUT2D eigenvalue weighted by Gasteiger charge is 2.23. The molecule has 0 aliphatic heterocycles. The summed E-state index contributed by atoms with van der Waals surface area (Å²) in [6.07, 6.45) is 0.651. The number of hydrogen-bond donors (Lipinski definition) is 0. The molecule has 0 bridgehead atoms. The summed E-state index contributed by atoms with van der Waals surface area (Å²) in [7, 11) is 0. The molecule has 0 saturated carbocycles. The van der Waals surface area contributed by atoms with E-state index >= 15 is 0 Å². The summed E-state index contributed by atoms with van der Waals surface area (Å²) in [6, 6.07) is 8.48. The number of nitrogens with zero attached hydrogens (tertiary/aromatic N) is 1. The van der Waals surface area contributed by atoms with Crippen LogP contribution in [0.2, 0.25) is 0 Å². The first-order chi connectivity index (χ1) is 11.5. The van der Waals surface area contributed by atoms with Crippen molar-refractivity contribution in [1.82, 2.24) is 0 Å². The molecule has 124 valence electrons. The molecule has 0 atom stereocenters. The number of rotatable bonds is 6. The fourth-order valence-electron chi connectivity index (χ4n) is 1.97. The van der Waals surface area contributed by atoms with Gasteiger partial charge in [0.25, 0.3) is 5.69 Å². The molecule has 2 aromatic rings. The maximum absolute atomic E-state index is 12.3. The van der Waals surface area contributed by atoms with E-state index in [1.54, 1.807) is 6.92 Å². The molecule has 24 heavy (non-hydrogen) atoms. The quantitative estimate of drug-likeness (QED) is 0.170. The second kappa shape index (κ2) is 7.86. The van der Waals surface area contributed by atoms with Crippen LogP contribution >= 0.6 is 22.6 Å². The standard InChI is InChI=1S/C16H12INO6/c1-2-23-14-8-10(9-19)7-12(17)15(14)24-16(20)11-5-3-4-6-13(11)18(21)22/h3-9H,2H2,1H3. The predicted molar refractivity (Wildman–Crippen MR) is 93.8 cm³/mol. The molecule has 0 aliphatic carbocycles. The van der Waals surface area contributed by atoms with Crippen molar-refractivity contribution < 1.29 is 24.0 Å². The number of benzene rings is 2. The zero-order valence-electron chi connectivity index (χ0n) is 12.5. The highest BCUT2D eigenvalue weighted by atomic mass is 127. The summed E-state index contributed by atoms with van der Waals surface area (Å²) in [5.74, 6) is -0.537. The van der Waals surface area contributed by atoms with Gasteiger partial charge in [0.15, 0.2) is 11.5 Å².